The smallest absolute Gasteiger partial charge is 0.338 e. The van der Waals surface area contributed by atoms with Crippen molar-refractivity contribution >= 4 is 11.9 Å². The van der Waals surface area contributed by atoms with Crippen molar-refractivity contribution in [2.45, 2.75) is 37.5 Å². The molecule has 5 nitrogen and oxygen atoms in total. The molecule has 2 aliphatic heterocycles. The molecule has 2 saturated heterocycles. The van der Waals surface area contributed by atoms with Gasteiger partial charge >= 0.3 is 11.9 Å². The normalized spacial score (nSPS) is 33.4. The molecular weight excluding hydrogens is 282 g/mol. The first kappa shape index (κ1) is 11.7. The van der Waals surface area contributed by atoms with Gasteiger partial charge in [-0.25, -0.2) is 4.79 Å². The number of benzene rings is 1. The molecular formula is C17H21NO4. The second-order valence-electron chi connectivity index (χ2n) is 5.80. The molecule has 2 aliphatic rings. The Kier molecular flexibility index (Phi) is 3.22. The van der Waals surface area contributed by atoms with Gasteiger partial charge in [0.05, 0.1) is 12.7 Å². The van der Waals surface area contributed by atoms with Gasteiger partial charge in [-0.05, 0) is 32.0 Å². The van der Waals surface area contributed by atoms with E-state index in [2.05, 4.69) is 0 Å². The molecule has 1 aromatic rings. The topological polar surface area (TPSA) is 55.8 Å². The molecule has 0 radical (unpaired) electrons. The minimum atomic E-state index is -2.29. The molecule has 2 bridgehead atoms. The first-order chi connectivity index (χ1) is 11.8. The van der Waals surface area contributed by atoms with Crippen LogP contribution in [0.2, 0.25) is 0 Å². The number of carbonyl (C=O) groups excluding carboxylic acids is 2. The van der Waals surface area contributed by atoms with Gasteiger partial charge in [0.15, 0.2) is 0 Å². The minimum absolute atomic E-state index is 0.230. The van der Waals surface area contributed by atoms with Gasteiger partial charge in [-0.3, -0.25) is 9.69 Å². The van der Waals surface area contributed by atoms with Crippen molar-refractivity contribution < 1.29 is 23.2 Å². The van der Waals surface area contributed by atoms with E-state index in [-0.39, 0.29) is 6.04 Å². The summed E-state index contributed by atoms with van der Waals surface area (Å²) in [5.41, 5.74) is 0.400. The lowest BCUT2D eigenvalue weighted by Gasteiger charge is -2.40. The highest BCUT2D eigenvalue weighted by Gasteiger charge is 2.50. The highest BCUT2D eigenvalue weighted by atomic mass is 16.6. The maximum absolute atomic E-state index is 12.4. The summed E-state index contributed by atoms with van der Waals surface area (Å²) >= 11 is 0. The van der Waals surface area contributed by atoms with Crippen LogP contribution < -0.4 is 0 Å². The monoisotopic (exact) mass is 306 g/mol. The quantitative estimate of drug-likeness (QED) is 0.798. The van der Waals surface area contributed by atoms with Gasteiger partial charge in [0.1, 0.15) is 12.0 Å². The fourth-order valence-electron chi connectivity index (χ4n) is 3.50. The van der Waals surface area contributed by atoms with Crippen LogP contribution in [0.15, 0.2) is 30.3 Å². The van der Waals surface area contributed by atoms with Crippen LogP contribution in [0.5, 0.6) is 0 Å². The van der Waals surface area contributed by atoms with E-state index in [1.54, 1.807) is 30.3 Å². The second kappa shape index (κ2) is 6.08. The SMILES string of the molecule is [2H]C([2H])([2H])N1C2CCC1C(C(=O)OC)C(OC(=O)c1ccccc1)C2. The van der Waals surface area contributed by atoms with Crippen molar-refractivity contribution in [2.24, 2.45) is 5.92 Å². The van der Waals surface area contributed by atoms with E-state index in [1.165, 1.54) is 12.0 Å². The van der Waals surface area contributed by atoms with Crippen molar-refractivity contribution in [3.63, 3.8) is 0 Å². The fraction of sp³-hybridized carbons (Fsp3) is 0.529. The zero-order valence-electron chi connectivity index (χ0n) is 15.4. The van der Waals surface area contributed by atoms with E-state index in [1.807, 2.05) is 0 Å². The van der Waals surface area contributed by atoms with Crippen LogP contribution in [0, 0.1) is 5.92 Å². The largest absolute Gasteiger partial charge is 0.469 e. The van der Waals surface area contributed by atoms with Crippen molar-refractivity contribution in [3.05, 3.63) is 35.9 Å². The van der Waals surface area contributed by atoms with Crippen LogP contribution in [0.1, 0.15) is 33.7 Å². The van der Waals surface area contributed by atoms with Crippen LogP contribution in [0.3, 0.4) is 0 Å². The van der Waals surface area contributed by atoms with Gasteiger partial charge in [0.25, 0.3) is 0 Å². The van der Waals surface area contributed by atoms with E-state index in [0.29, 0.717) is 24.8 Å². The zero-order chi connectivity index (χ0) is 18.2. The Morgan fingerprint density at radius 3 is 2.73 bits per heavy atom. The highest BCUT2D eigenvalue weighted by molar-refractivity contribution is 5.89. The van der Waals surface area contributed by atoms with Gasteiger partial charge in [-0.2, -0.15) is 0 Å². The van der Waals surface area contributed by atoms with E-state index in [4.69, 9.17) is 13.6 Å². The molecule has 0 N–H and O–H groups in total. The van der Waals surface area contributed by atoms with Gasteiger partial charge < -0.3 is 9.47 Å². The van der Waals surface area contributed by atoms with Crippen LogP contribution in [0.4, 0.5) is 0 Å². The molecule has 3 rings (SSSR count). The molecule has 0 aromatic heterocycles. The Hall–Kier alpha value is -1.88. The summed E-state index contributed by atoms with van der Waals surface area (Å²) in [5, 5.41) is 0. The van der Waals surface area contributed by atoms with Gasteiger partial charge in [0.2, 0.25) is 0 Å². The Morgan fingerprint density at radius 1 is 1.27 bits per heavy atom. The summed E-state index contributed by atoms with van der Waals surface area (Å²) in [6.07, 6.45) is 0.863. The molecule has 4 atom stereocenters. The molecule has 4 unspecified atom stereocenters. The number of methoxy groups -OCH3 is 1. The van der Waals surface area contributed by atoms with Crippen LogP contribution in [-0.2, 0) is 14.3 Å². The van der Waals surface area contributed by atoms with Crippen LogP contribution in [0.25, 0.3) is 0 Å². The van der Waals surface area contributed by atoms with Crippen LogP contribution >= 0.6 is 0 Å². The molecule has 5 heteroatoms. The third-order valence-electron chi connectivity index (χ3n) is 4.61. The summed E-state index contributed by atoms with van der Waals surface area (Å²) in [7, 11) is 1.26. The third kappa shape index (κ3) is 2.61. The molecule has 2 fully saturated rings. The fourth-order valence-corrected chi connectivity index (χ4v) is 3.50. The number of esters is 2. The number of carbonyl (C=O) groups is 2. The maximum Gasteiger partial charge on any atom is 0.338 e. The van der Waals surface area contributed by atoms with Crippen LogP contribution in [-0.4, -0.2) is 49.1 Å². The Balaban J connectivity index is 1.84. The molecule has 118 valence electrons. The predicted molar refractivity (Wildman–Crippen MR) is 80.3 cm³/mol. The maximum atomic E-state index is 12.4. The first-order valence-electron chi connectivity index (χ1n) is 8.95. The van der Waals surface area contributed by atoms with E-state index < -0.39 is 37.0 Å². The lowest BCUT2D eigenvalue weighted by Crippen LogP contribution is -2.53. The number of rotatable bonds is 3. The summed E-state index contributed by atoms with van der Waals surface area (Å²) in [6, 6.07) is 7.80. The Morgan fingerprint density at radius 2 is 2.05 bits per heavy atom. The predicted octanol–water partition coefficient (Wildman–Crippen LogP) is 1.87. The van der Waals surface area contributed by atoms with Crippen molar-refractivity contribution in [1.29, 1.82) is 0 Å². The average molecular weight is 306 g/mol. The van der Waals surface area contributed by atoms with Crippen molar-refractivity contribution in [1.82, 2.24) is 4.90 Å². The van der Waals surface area contributed by atoms with E-state index in [9.17, 15) is 9.59 Å². The minimum Gasteiger partial charge on any atom is -0.469 e. The number of ether oxygens (including phenoxy) is 2. The van der Waals surface area contributed by atoms with Gasteiger partial charge in [0, 0.05) is 22.6 Å². The number of nitrogens with zero attached hydrogens (tertiary/aromatic N) is 1. The number of hydrogen-bond acceptors (Lipinski definition) is 5. The molecule has 0 aliphatic carbocycles. The molecule has 0 spiro atoms. The van der Waals surface area contributed by atoms with E-state index in [0.717, 1.165) is 0 Å². The lowest BCUT2D eigenvalue weighted by molar-refractivity contribution is -0.156. The Labute approximate surface area is 134 Å². The summed E-state index contributed by atoms with van der Waals surface area (Å²) in [4.78, 5) is 26.1. The average Bonchev–Trinajstić information content (AvgIpc) is 2.91. The third-order valence-corrected chi connectivity index (χ3v) is 4.61. The lowest BCUT2D eigenvalue weighted by atomic mass is 9.87. The molecule has 22 heavy (non-hydrogen) atoms. The molecule has 0 saturated carbocycles. The van der Waals surface area contributed by atoms with Gasteiger partial charge in [-0.15, -0.1) is 0 Å². The first-order valence-corrected chi connectivity index (χ1v) is 7.45. The molecule has 0 amide bonds. The van der Waals surface area contributed by atoms with E-state index >= 15 is 0 Å². The van der Waals surface area contributed by atoms with Gasteiger partial charge in [-0.1, -0.05) is 18.2 Å². The summed E-state index contributed by atoms with van der Waals surface area (Å²) in [6.45, 7) is -2.29. The standard InChI is InChI=1S/C17H21NO4/c1-18-12-8-9-13(18)15(17(20)21-2)14(10-12)22-16(19)11-6-4-3-5-7-11/h3-7,12-15H,8-10H2,1-2H3/i1D3. The Bertz CT molecular complexity index is 649. The summed E-state index contributed by atoms with van der Waals surface area (Å²) < 4.78 is 33.8. The highest BCUT2D eigenvalue weighted by Crippen LogP contribution is 2.40. The second-order valence-corrected chi connectivity index (χ2v) is 5.80. The van der Waals surface area contributed by atoms with Crippen molar-refractivity contribution in [2.75, 3.05) is 14.1 Å². The molecule has 2 heterocycles. The molecule has 1 aromatic carbocycles. The number of piperidine rings is 1. The summed E-state index contributed by atoms with van der Waals surface area (Å²) in [5.74, 6) is -1.84. The number of hydrogen-bond donors (Lipinski definition) is 0. The number of fused-ring (bicyclic) bond motifs is 2. The van der Waals surface area contributed by atoms with Crippen molar-refractivity contribution in [3.8, 4) is 0 Å². The zero-order valence-corrected chi connectivity index (χ0v) is 12.4.